The minimum Gasteiger partial charge on any atom is -0.373 e. The lowest BCUT2D eigenvalue weighted by atomic mass is 10.1. The van der Waals surface area contributed by atoms with Crippen LogP contribution in [0.25, 0.3) is 0 Å². The van der Waals surface area contributed by atoms with Crippen molar-refractivity contribution in [3.63, 3.8) is 0 Å². The Morgan fingerprint density at radius 1 is 1.19 bits per heavy atom. The minimum atomic E-state index is -0.489. The van der Waals surface area contributed by atoms with Crippen molar-refractivity contribution in [2.24, 2.45) is 0 Å². The summed E-state index contributed by atoms with van der Waals surface area (Å²) in [5.74, 6) is 0. The number of rotatable bonds is 5. The van der Waals surface area contributed by atoms with Crippen LogP contribution in [0.1, 0.15) is 34.5 Å². The average molecular weight is 284 g/mol. The van der Waals surface area contributed by atoms with Crippen molar-refractivity contribution < 1.29 is 9.72 Å². The van der Waals surface area contributed by atoms with Gasteiger partial charge in [-0.3, -0.25) is 14.9 Å². The quantitative estimate of drug-likeness (QED) is 0.513. The Labute approximate surface area is 122 Å². The molecule has 0 saturated carbocycles. The maximum absolute atomic E-state index is 11.1. The predicted molar refractivity (Wildman–Crippen MR) is 81.7 cm³/mol. The summed E-state index contributed by atoms with van der Waals surface area (Å²) in [6, 6.07) is 12.3. The first-order chi connectivity index (χ1) is 10.0. The van der Waals surface area contributed by atoms with Crippen LogP contribution in [0, 0.1) is 17.0 Å². The van der Waals surface area contributed by atoms with E-state index in [2.05, 4.69) is 5.32 Å². The van der Waals surface area contributed by atoms with Gasteiger partial charge in [0.1, 0.15) is 12.0 Å². The molecular weight excluding hydrogens is 268 g/mol. The molecule has 1 unspecified atom stereocenters. The normalized spacial score (nSPS) is 11.7. The lowest BCUT2D eigenvalue weighted by Gasteiger charge is -2.16. The van der Waals surface area contributed by atoms with Gasteiger partial charge < -0.3 is 5.32 Å². The minimum absolute atomic E-state index is 0.0774. The fourth-order valence-electron chi connectivity index (χ4n) is 2.07. The van der Waals surface area contributed by atoms with Crippen molar-refractivity contribution in [2.45, 2.75) is 19.9 Å². The number of nitrogens with one attached hydrogen (secondary N) is 1. The number of nitro groups is 1. The van der Waals surface area contributed by atoms with Gasteiger partial charge in [0.15, 0.2) is 0 Å². The van der Waals surface area contributed by atoms with Crippen LogP contribution in [0.3, 0.4) is 0 Å². The molecule has 1 N–H and O–H groups in total. The first-order valence-corrected chi connectivity index (χ1v) is 6.58. The number of aryl methyl sites for hydroxylation is 1. The number of hydrogen-bond acceptors (Lipinski definition) is 4. The smallest absolute Gasteiger partial charge is 0.293 e. The third-order valence-electron chi connectivity index (χ3n) is 3.30. The molecule has 0 aliphatic carbocycles. The van der Waals surface area contributed by atoms with Gasteiger partial charge in [0.25, 0.3) is 5.69 Å². The van der Waals surface area contributed by atoms with Crippen LogP contribution in [0.5, 0.6) is 0 Å². The second-order valence-corrected chi connectivity index (χ2v) is 4.93. The van der Waals surface area contributed by atoms with Crippen molar-refractivity contribution in [3.8, 4) is 0 Å². The number of hydrogen-bond donors (Lipinski definition) is 1. The van der Waals surface area contributed by atoms with Crippen molar-refractivity contribution in [2.75, 3.05) is 5.32 Å². The summed E-state index contributed by atoms with van der Waals surface area (Å²) >= 11 is 0. The van der Waals surface area contributed by atoms with E-state index in [0.29, 0.717) is 12.0 Å². The number of nitro benzene ring substituents is 1. The first kappa shape index (κ1) is 14.7. The van der Waals surface area contributed by atoms with E-state index in [1.54, 1.807) is 12.1 Å². The van der Waals surface area contributed by atoms with Crippen LogP contribution in [0.4, 0.5) is 11.4 Å². The van der Waals surface area contributed by atoms with E-state index in [1.165, 1.54) is 6.07 Å². The zero-order valence-corrected chi connectivity index (χ0v) is 11.9. The fourth-order valence-corrected chi connectivity index (χ4v) is 2.07. The van der Waals surface area contributed by atoms with Crippen LogP contribution >= 0.6 is 0 Å². The van der Waals surface area contributed by atoms with Gasteiger partial charge in [0, 0.05) is 17.7 Å². The molecule has 0 saturated heterocycles. The molecule has 0 fully saturated rings. The predicted octanol–water partition coefficient (Wildman–Crippen LogP) is 3.89. The molecule has 0 radical (unpaired) electrons. The van der Waals surface area contributed by atoms with Gasteiger partial charge in [0.2, 0.25) is 0 Å². The van der Waals surface area contributed by atoms with Gasteiger partial charge in [-0.2, -0.15) is 0 Å². The Morgan fingerprint density at radius 2 is 1.86 bits per heavy atom. The summed E-state index contributed by atoms with van der Waals surface area (Å²) in [5.41, 5.74) is 2.79. The zero-order valence-electron chi connectivity index (χ0n) is 11.9. The molecule has 0 heterocycles. The maximum atomic E-state index is 11.1. The number of carbonyl (C=O) groups is 1. The van der Waals surface area contributed by atoms with Crippen LogP contribution < -0.4 is 5.32 Å². The van der Waals surface area contributed by atoms with E-state index in [-0.39, 0.29) is 17.3 Å². The van der Waals surface area contributed by atoms with Crippen LogP contribution in [-0.4, -0.2) is 11.2 Å². The monoisotopic (exact) mass is 284 g/mol. The van der Waals surface area contributed by atoms with Crippen molar-refractivity contribution in [1.82, 2.24) is 0 Å². The van der Waals surface area contributed by atoms with Crippen molar-refractivity contribution in [1.29, 1.82) is 0 Å². The average Bonchev–Trinajstić information content (AvgIpc) is 2.48. The number of benzene rings is 2. The highest BCUT2D eigenvalue weighted by Gasteiger charge is 2.16. The third-order valence-corrected chi connectivity index (χ3v) is 3.30. The van der Waals surface area contributed by atoms with E-state index in [0.717, 1.165) is 11.1 Å². The van der Waals surface area contributed by atoms with Crippen molar-refractivity contribution in [3.05, 3.63) is 69.3 Å². The Morgan fingerprint density at radius 3 is 2.43 bits per heavy atom. The van der Waals surface area contributed by atoms with Gasteiger partial charge in [-0.1, -0.05) is 29.8 Å². The summed E-state index contributed by atoms with van der Waals surface area (Å²) < 4.78 is 0. The second-order valence-electron chi connectivity index (χ2n) is 4.93. The van der Waals surface area contributed by atoms with E-state index in [4.69, 9.17) is 0 Å². The molecule has 2 aromatic rings. The SMILES string of the molecule is Cc1ccc(C(C)Nc2ccc(C=O)cc2[N+](=O)[O-])cc1. The van der Waals surface area contributed by atoms with E-state index < -0.39 is 4.92 Å². The summed E-state index contributed by atoms with van der Waals surface area (Å²) in [6.07, 6.45) is 0.597. The Bertz CT molecular complexity index is 666. The highest BCUT2D eigenvalue weighted by molar-refractivity contribution is 5.79. The highest BCUT2D eigenvalue weighted by Crippen LogP contribution is 2.29. The van der Waals surface area contributed by atoms with Crippen LogP contribution in [0.15, 0.2) is 42.5 Å². The van der Waals surface area contributed by atoms with E-state index in [9.17, 15) is 14.9 Å². The topological polar surface area (TPSA) is 72.2 Å². The molecule has 0 aliphatic heterocycles. The molecule has 0 spiro atoms. The molecule has 1 atom stereocenters. The summed E-state index contributed by atoms with van der Waals surface area (Å²) in [4.78, 5) is 21.3. The molecular formula is C16H16N2O3. The molecule has 21 heavy (non-hydrogen) atoms. The summed E-state index contributed by atoms with van der Waals surface area (Å²) in [5, 5.41) is 14.2. The Kier molecular flexibility index (Phi) is 4.33. The van der Waals surface area contributed by atoms with Gasteiger partial charge in [-0.15, -0.1) is 0 Å². The number of aldehydes is 1. The Hall–Kier alpha value is -2.69. The zero-order chi connectivity index (χ0) is 15.4. The van der Waals surface area contributed by atoms with Gasteiger partial charge in [-0.05, 0) is 31.5 Å². The lowest BCUT2D eigenvalue weighted by molar-refractivity contribution is -0.384. The van der Waals surface area contributed by atoms with Gasteiger partial charge >= 0.3 is 0 Å². The van der Waals surface area contributed by atoms with Gasteiger partial charge in [-0.25, -0.2) is 0 Å². The van der Waals surface area contributed by atoms with Crippen molar-refractivity contribution >= 4 is 17.7 Å². The van der Waals surface area contributed by atoms with Crippen LogP contribution in [0.2, 0.25) is 0 Å². The third kappa shape index (κ3) is 3.45. The molecule has 2 aromatic carbocycles. The number of nitrogens with zero attached hydrogens (tertiary/aromatic N) is 1. The number of carbonyl (C=O) groups excluding carboxylic acids is 1. The van der Waals surface area contributed by atoms with E-state index >= 15 is 0 Å². The van der Waals surface area contributed by atoms with Crippen LogP contribution in [-0.2, 0) is 0 Å². The standard InChI is InChI=1S/C16H16N2O3/c1-11-3-6-14(7-4-11)12(2)17-15-8-5-13(10-19)9-16(15)18(20)21/h3-10,12,17H,1-2H3. The highest BCUT2D eigenvalue weighted by atomic mass is 16.6. The molecule has 0 aliphatic rings. The summed E-state index contributed by atoms with van der Waals surface area (Å²) in [7, 11) is 0. The fraction of sp³-hybridized carbons (Fsp3) is 0.188. The molecule has 5 nitrogen and oxygen atoms in total. The molecule has 0 aromatic heterocycles. The van der Waals surface area contributed by atoms with Gasteiger partial charge in [0.05, 0.1) is 4.92 Å². The molecule has 0 amide bonds. The Balaban J connectivity index is 2.28. The maximum Gasteiger partial charge on any atom is 0.293 e. The molecule has 5 heteroatoms. The molecule has 108 valence electrons. The summed E-state index contributed by atoms with van der Waals surface area (Å²) in [6.45, 7) is 3.94. The number of anilines is 1. The second kappa shape index (κ2) is 6.17. The molecule has 2 rings (SSSR count). The largest absolute Gasteiger partial charge is 0.373 e. The van der Waals surface area contributed by atoms with E-state index in [1.807, 2.05) is 38.1 Å². The first-order valence-electron chi connectivity index (χ1n) is 6.58. The molecule has 0 bridgehead atoms. The lowest BCUT2D eigenvalue weighted by Crippen LogP contribution is -2.08.